The van der Waals surface area contributed by atoms with Crippen LogP contribution in [0.5, 0.6) is 0 Å². The molecule has 0 amide bonds. The molecule has 3 saturated heterocycles. The monoisotopic (exact) mass is 368 g/mol. The van der Waals surface area contributed by atoms with Crippen molar-refractivity contribution in [3.05, 3.63) is 41.6 Å². The molecule has 0 aromatic carbocycles. The highest BCUT2D eigenvalue weighted by molar-refractivity contribution is 5.22. The van der Waals surface area contributed by atoms with Gasteiger partial charge >= 0.3 is 0 Å². The molecule has 4 atom stereocenters. The lowest BCUT2D eigenvalue weighted by atomic mass is 9.74. The zero-order valence-corrected chi connectivity index (χ0v) is 16.4. The molecule has 27 heavy (non-hydrogen) atoms. The number of rotatable bonds is 6. The van der Waals surface area contributed by atoms with Gasteiger partial charge in [-0.05, 0) is 56.3 Å². The third kappa shape index (κ3) is 3.47. The van der Waals surface area contributed by atoms with Crippen LogP contribution >= 0.6 is 0 Å². The maximum absolute atomic E-state index is 5.43. The van der Waals surface area contributed by atoms with Crippen LogP contribution in [0.25, 0.3) is 0 Å². The number of nitrogens with one attached hydrogen (secondary N) is 1. The second-order valence-electron chi connectivity index (χ2n) is 8.85. The summed E-state index contributed by atoms with van der Waals surface area (Å²) in [4.78, 5) is 2.71. The zero-order chi connectivity index (χ0) is 18.2. The largest absolute Gasteiger partial charge is 0.468 e. The minimum Gasteiger partial charge on any atom is -0.468 e. The number of fused-ring (bicyclic) bond motifs is 3. The third-order valence-corrected chi connectivity index (χ3v) is 7.23. The van der Waals surface area contributed by atoms with Gasteiger partial charge in [-0.25, -0.2) is 0 Å². The molecule has 1 aliphatic carbocycles. The second-order valence-corrected chi connectivity index (χ2v) is 8.85. The Labute approximate surface area is 162 Å². The Balaban J connectivity index is 1.22. The van der Waals surface area contributed by atoms with Gasteiger partial charge in [0.25, 0.3) is 0 Å². The molecule has 6 rings (SSSR count). The van der Waals surface area contributed by atoms with E-state index >= 15 is 0 Å². The SMILES string of the molecule is Cn1nc(C2CCCC2)cc1[C@@H]1CN2CC[C@H]1C[C@@H]2CNCc1ccco1. The number of furan rings is 1. The maximum atomic E-state index is 5.43. The van der Waals surface area contributed by atoms with Crippen LogP contribution in [0.2, 0.25) is 0 Å². The number of nitrogens with zero attached hydrogens (tertiary/aromatic N) is 3. The maximum Gasteiger partial charge on any atom is 0.117 e. The van der Waals surface area contributed by atoms with Gasteiger partial charge in [0.2, 0.25) is 0 Å². The van der Waals surface area contributed by atoms with Crippen LogP contribution in [0.1, 0.15) is 67.5 Å². The molecular weight excluding hydrogens is 336 g/mol. The third-order valence-electron chi connectivity index (χ3n) is 7.23. The highest BCUT2D eigenvalue weighted by atomic mass is 16.3. The van der Waals surface area contributed by atoms with E-state index in [1.165, 1.54) is 63.0 Å². The Morgan fingerprint density at radius 1 is 1.26 bits per heavy atom. The Morgan fingerprint density at radius 2 is 2.15 bits per heavy atom. The van der Waals surface area contributed by atoms with Gasteiger partial charge in [0.1, 0.15) is 5.76 Å². The average Bonchev–Trinajstić information content (AvgIpc) is 3.44. The van der Waals surface area contributed by atoms with Crippen molar-refractivity contribution < 1.29 is 4.42 Å². The Kier molecular flexibility index (Phi) is 4.82. The summed E-state index contributed by atoms with van der Waals surface area (Å²) in [5.41, 5.74) is 2.84. The molecule has 4 aliphatic rings. The molecule has 1 unspecified atom stereocenters. The molecule has 1 saturated carbocycles. The van der Waals surface area contributed by atoms with Crippen LogP contribution in [-0.4, -0.2) is 40.4 Å². The fourth-order valence-corrected chi connectivity index (χ4v) is 5.73. The molecule has 4 fully saturated rings. The van der Waals surface area contributed by atoms with Gasteiger partial charge in [-0.15, -0.1) is 0 Å². The van der Waals surface area contributed by atoms with Crippen molar-refractivity contribution >= 4 is 0 Å². The minimum atomic E-state index is 0.660. The summed E-state index contributed by atoms with van der Waals surface area (Å²) in [6.45, 7) is 4.34. The van der Waals surface area contributed by atoms with Crippen molar-refractivity contribution in [2.24, 2.45) is 13.0 Å². The van der Waals surface area contributed by atoms with Crippen LogP contribution in [0.15, 0.2) is 28.9 Å². The van der Waals surface area contributed by atoms with Gasteiger partial charge in [0.15, 0.2) is 0 Å². The smallest absolute Gasteiger partial charge is 0.117 e. The molecular formula is C22H32N4O. The first-order valence-corrected chi connectivity index (χ1v) is 10.8. The summed E-state index contributed by atoms with van der Waals surface area (Å²) < 4.78 is 7.63. The molecule has 146 valence electrons. The summed E-state index contributed by atoms with van der Waals surface area (Å²) in [7, 11) is 2.16. The second kappa shape index (κ2) is 7.44. The van der Waals surface area contributed by atoms with Crippen molar-refractivity contribution in [3.63, 3.8) is 0 Å². The lowest BCUT2D eigenvalue weighted by Gasteiger charge is -2.50. The first kappa shape index (κ1) is 17.5. The highest BCUT2D eigenvalue weighted by Crippen LogP contribution is 2.43. The van der Waals surface area contributed by atoms with E-state index in [1.54, 1.807) is 6.26 Å². The van der Waals surface area contributed by atoms with Gasteiger partial charge in [-0.1, -0.05) is 12.8 Å². The molecule has 1 N–H and O–H groups in total. The molecule has 0 radical (unpaired) electrons. The predicted molar refractivity (Wildman–Crippen MR) is 106 cm³/mol. The predicted octanol–water partition coefficient (Wildman–Crippen LogP) is 3.64. The first-order valence-electron chi connectivity index (χ1n) is 10.8. The summed E-state index contributed by atoms with van der Waals surface area (Å²) in [5, 5.41) is 8.52. The van der Waals surface area contributed by atoms with E-state index in [2.05, 4.69) is 28.0 Å². The summed E-state index contributed by atoms with van der Waals surface area (Å²) >= 11 is 0. The van der Waals surface area contributed by atoms with Gasteiger partial charge in [-0.3, -0.25) is 9.58 Å². The summed E-state index contributed by atoms with van der Waals surface area (Å²) in [5.74, 6) is 3.20. The zero-order valence-electron chi connectivity index (χ0n) is 16.4. The summed E-state index contributed by atoms with van der Waals surface area (Å²) in [6, 6.07) is 7.12. The Hall–Kier alpha value is -1.59. The van der Waals surface area contributed by atoms with Crippen molar-refractivity contribution in [1.29, 1.82) is 0 Å². The fourth-order valence-electron chi connectivity index (χ4n) is 5.73. The topological polar surface area (TPSA) is 46.2 Å². The van der Waals surface area contributed by atoms with Crippen molar-refractivity contribution in [2.75, 3.05) is 19.6 Å². The van der Waals surface area contributed by atoms with E-state index in [1.807, 2.05) is 12.1 Å². The standard InChI is InChI=1S/C22H32N4O/c1-25-22(12-21(24-25)16-5-2-3-6-16)20-15-26-9-8-17(20)11-18(26)13-23-14-19-7-4-10-27-19/h4,7,10,12,16-18,20,23H,2-3,5-6,8-9,11,13-15H2,1H3/t17-,18+,20+/m0/s1. The van der Waals surface area contributed by atoms with E-state index < -0.39 is 0 Å². The van der Waals surface area contributed by atoms with Crippen LogP contribution in [0, 0.1) is 5.92 Å². The van der Waals surface area contributed by atoms with Gasteiger partial charge < -0.3 is 9.73 Å². The van der Waals surface area contributed by atoms with E-state index in [4.69, 9.17) is 9.52 Å². The average molecular weight is 369 g/mol. The van der Waals surface area contributed by atoms with Crippen LogP contribution < -0.4 is 5.32 Å². The number of aryl methyl sites for hydroxylation is 1. The molecule has 0 spiro atoms. The van der Waals surface area contributed by atoms with Gasteiger partial charge in [0.05, 0.1) is 18.5 Å². The molecule has 5 nitrogen and oxygen atoms in total. The van der Waals surface area contributed by atoms with E-state index in [0.717, 1.165) is 24.8 Å². The van der Waals surface area contributed by atoms with Crippen LogP contribution in [0.4, 0.5) is 0 Å². The highest BCUT2D eigenvalue weighted by Gasteiger charge is 2.41. The quantitative estimate of drug-likeness (QED) is 0.846. The van der Waals surface area contributed by atoms with E-state index in [-0.39, 0.29) is 0 Å². The van der Waals surface area contributed by atoms with Gasteiger partial charge in [-0.2, -0.15) is 5.10 Å². The van der Waals surface area contributed by atoms with E-state index in [9.17, 15) is 0 Å². The number of piperidine rings is 3. The lowest BCUT2D eigenvalue weighted by Crippen LogP contribution is -2.55. The van der Waals surface area contributed by atoms with E-state index in [0.29, 0.717) is 17.9 Å². The molecule has 2 bridgehead atoms. The van der Waals surface area contributed by atoms with Gasteiger partial charge in [0, 0.05) is 43.7 Å². The molecule has 3 aliphatic heterocycles. The number of hydrogen-bond acceptors (Lipinski definition) is 4. The first-order chi connectivity index (χ1) is 13.3. The normalized spacial score (nSPS) is 31.0. The number of aromatic nitrogens is 2. The molecule has 2 aromatic rings. The van der Waals surface area contributed by atoms with Crippen molar-refractivity contribution in [3.8, 4) is 0 Å². The lowest BCUT2D eigenvalue weighted by molar-refractivity contribution is 0.0280. The van der Waals surface area contributed by atoms with Crippen molar-refractivity contribution in [1.82, 2.24) is 20.0 Å². The Morgan fingerprint density at radius 3 is 2.89 bits per heavy atom. The molecule has 5 heterocycles. The van der Waals surface area contributed by atoms with Crippen LogP contribution in [-0.2, 0) is 13.6 Å². The molecule has 2 aromatic heterocycles. The van der Waals surface area contributed by atoms with Crippen molar-refractivity contribution in [2.45, 2.75) is 62.9 Å². The minimum absolute atomic E-state index is 0.660. The number of hydrogen-bond donors (Lipinski definition) is 1. The fraction of sp³-hybridized carbons (Fsp3) is 0.682. The molecule has 5 heteroatoms. The Bertz CT molecular complexity index is 746. The summed E-state index contributed by atoms with van der Waals surface area (Å²) in [6.07, 6.45) is 9.82. The van der Waals surface area contributed by atoms with Crippen LogP contribution in [0.3, 0.4) is 0 Å².